The van der Waals surface area contributed by atoms with Crippen LogP contribution in [0.2, 0.25) is 5.02 Å². The Morgan fingerprint density at radius 1 is 1.06 bits per heavy atom. The van der Waals surface area contributed by atoms with Gasteiger partial charge in [0.25, 0.3) is 11.5 Å². The minimum atomic E-state index is -0.340. The molecule has 1 N–H and O–H groups in total. The van der Waals surface area contributed by atoms with Crippen LogP contribution in [0, 0.1) is 13.8 Å². The van der Waals surface area contributed by atoms with Crippen molar-refractivity contribution in [3.63, 3.8) is 0 Å². The SMILES string of the molecule is Cc1nn(-c2ccccc2Cl)c2sc(C(=O)Nc3c(C)n(C)n(-c4ccccc4)c3=O)cc12. The first-order valence-electron chi connectivity index (χ1n) is 10.3. The molecule has 0 bridgehead atoms. The lowest BCUT2D eigenvalue weighted by Gasteiger charge is -2.07. The lowest BCUT2D eigenvalue weighted by Crippen LogP contribution is -2.22. The minimum absolute atomic E-state index is 0.258. The molecule has 9 heteroatoms. The maximum atomic E-state index is 13.2. The predicted molar refractivity (Wildman–Crippen MR) is 132 cm³/mol. The van der Waals surface area contributed by atoms with E-state index in [2.05, 4.69) is 10.4 Å². The van der Waals surface area contributed by atoms with Crippen molar-refractivity contribution in [3.8, 4) is 11.4 Å². The molecule has 5 rings (SSSR count). The maximum absolute atomic E-state index is 13.2. The molecule has 1 amide bonds. The molecular formula is C24H20ClN5O2S. The number of nitrogens with one attached hydrogen (secondary N) is 1. The fraction of sp³-hybridized carbons (Fsp3) is 0.125. The minimum Gasteiger partial charge on any atom is -0.315 e. The quantitative estimate of drug-likeness (QED) is 0.391. The van der Waals surface area contributed by atoms with Gasteiger partial charge in [0.1, 0.15) is 10.5 Å². The number of carbonyl (C=O) groups excluding carboxylic acids is 1. The molecule has 166 valence electrons. The maximum Gasteiger partial charge on any atom is 0.295 e. The number of carbonyl (C=O) groups is 1. The van der Waals surface area contributed by atoms with Gasteiger partial charge in [-0.1, -0.05) is 41.9 Å². The second kappa shape index (κ2) is 8.06. The van der Waals surface area contributed by atoms with E-state index in [9.17, 15) is 9.59 Å². The van der Waals surface area contributed by atoms with Gasteiger partial charge in [0.2, 0.25) is 0 Å². The average molecular weight is 478 g/mol. The van der Waals surface area contributed by atoms with E-state index < -0.39 is 0 Å². The van der Waals surface area contributed by atoms with Gasteiger partial charge in [-0.25, -0.2) is 9.36 Å². The highest BCUT2D eigenvalue weighted by molar-refractivity contribution is 7.20. The zero-order chi connectivity index (χ0) is 23.3. The van der Waals surface area contributed by atoms with E-state index in [0.29, 0.717) is 15.6 Å². The van der Waals surface area contributed by atoms with Gasteiger partial charge in [-0.2, -0.15) is 5.10 Å². The standard InChI is InChI=1S/C24H20ClN5O2S/c1-14-17-13-20(33-24(17)29(27-14)19-12-8-7-11-18(19)25)22(31)26-21-15(2)28(3)30(23(21)32)16-9-5-4-6-10-16/h4-13H,1-3H3,(H,26,31). The number of halogens is 1. The van der Waals surface area contributed by atoms with Crippen LogP contribution in [-0.4, -0.2) is 25.1 Å². The molecule has 0 aliphatic carbocycles. The number of hydrogen-bond donors (Lipinski definition) is 1. The van der Waals surface area contributed by atoms with Crippen LogP contribution in [0.15, 0.2) is 65.5 Å². The zero-order valence-electron chi connectivity index (χ0n) is 18.2. The van der Waals surface area contributed by atoms with Crippen molar-refractivity contribution in [2.24, 2.45) is 7.05 Å². The number of aromatic nitrogens is 4. The summed E-state index contributed by atoms with van der Waals surface area (Å²) in [5, 5.41) is 8.87. The smallest absolute Gasteiger partial charge is 0.295 e. The van der Waals surface area contributed by atoms with E-state index in [-0.39, 0.29) is 17.2 Å². The predicted octanol–water partition coefficient (Wildman–Crippen LogP) is 5.10. The Morgan fingerprint density at radius 2 is 1.76 bits per heavy atom. The van der Waals surface area contributed by atoms with Crippen molar-refractivity contribution in [1.82, 2.24) is 19.1 Å². The number of fused-ring (bicyclic) bond motifs is 1. The van der Waals surface area contributed by atoms with Crippen LogP contribution >= 0.6 is 22.9 Å². The van der Waals surface area contributed by atoms with Crippen molar-refractivity contribution in [2.75, 3.05) is 5.32 Å². The van der Waals surface area contributed by atoms with Gasteiger partial charge in [0.05, 0.1) is 32.7 Å². The lowest BCUT2D eigenvalue weighted by atomic mass is 10.3. The highest BCUT2D eigenvalue weighted by Gasteiger charge is 2.22. The van der Waals surface area contributed by atoms with E-state index in [1.807, 2.05) is 55.5 Å². The molecule has 0 unspecified atom stereocenters. The van der Waals surface area contributed by atoms with Gasteiger partial charge < -0.3 is 5.32 Å². The molecule has 3 heterocycles. The molecule has 2 aromatic carbocycles. The zero-order valence-corrected chi connectivity index (χ0v) is 19.7. The molecule has 0 saturated heterocycles. The molecule has 0 saturated carbocycles. The van der Waals surface area contributed by atoms with E-state index in [1.165, 1.54) is 16.0 Å². The second-order valence-corrected chi connectivity index (χ2v) is 9.11. The summed E-state index contributed by atoms with van der Waals surface area (Å²) in [6, 6.07) is 18.6. The summed E-state index contributed by atoms with van der Waals surface area (Å²) in [5.41, 5.74) is 2.91. The van der Waals surface area contributed by atoms with Gasteiger partial charge in [-0.05, 0) is 44.2 Å². The first kappa shape index (κ1) is 21.2. The van der Waals surface area contributed by atoms with Crippen molar-refractivity contribution in [3.05, 3.63) is 92.3 Å². The third-order valence-corrected chi connectivity index (χ3v) is 7.07. The molecule has 5 aromatic rings. The number of nitrogens with zero attached hydrogens (tertiary/aromatic N) is 4. The molecular weight excluding hydrogens is 458 g/mol. The highest BCUT2D eigenvalue weighted by atomic mass is 35.5. The normalized spacial score (nSPS) is 11.3. The Hall–Kier alpha value is -3.62. The Kier molecular flexibility index (Phi) is 5.19. The van der Waals surface area contributed by atoms with Crippen LogP contribution in [-0.2, 0) is 7.05 Å². The van der Waals surface area contributed by atoms with Crippen LogP contribution in [0.1, 0.15) is 21.1 Å². The largest absolute Gasteiger partial charge is 0.315 e. The van der Waals surface area contributed by atoms with Gasteiger partial charge in [-0.3, -0.25) is 14.3 Å². The molecule has 0 radical (unpaired) electrons. The number of amides is 1. The Balaban J connectivity index is 1.53. The fourth-order valence-electron chi connectivity index (χ4n) is 3.83. The molecule has 33 heavy (non-hydrogen) atoms. The summed E-state index contributed by atoms with van der Waals surface area (Å²) in [5.74, 6) is -0.340. The number of benzene rings is 2. The summed E-state index contributed by atoms with van der Waals surface area (Å²) < 4.78 is 5.03. The van der Waals surface area contributed by atoms with E-state index >= 15 is 0 Å². The summed E-state index contributed by atoms with van der Waals surface area (Å²) in [6.07, 6.45) is 0. The van der Waals surface area contributed by atoms with Crippen molar-refractivity contribution in [2.45, 2.75) is 13.8 Å². The first-order valence-corrected chi connectivity index (χ1v) is 11.5. The number of anilines is 1. The third kappa shape index (κ3) is 3.48. The van der Waals surface area contributed by atoms with Crippen LogP contribution < -0.4 is 10.9 Å². The lowest BCUT2D eigenvalue weighted by molar-refractivity contribution is 0.103. The molecule has 0 spiro atoms. The van der Waals surface area contributed by atoms with Crippen molar-refractivity contribution >= 4 is 44.7 Å². The van der Waals surface area contributed by atoms with Crippen molar-refractivity contribution < 1.29 is 4.79 Å². The van der Waals surface area contributed by atoms with Gasteiger partial charge >= 0.3 is 0 Å². The van der Waals surface area contributed by atoms with Crippen LogP contribution in [0.3, 0.4) is 0 Å². The van der Waals surface area contributed by atoms with Crippen molar-refractivity contribution in [1.29, 1.82) is 0 Å². The van der Waals surface area contributed by atoms with Gasteiger partial charge in [0.15, 0.2) is 0 Å². The molecule has 0 aliphatic rings. The topological polar surface area (TPSA) is 73.8 Å². The average Bonchev–Trinajstić information content (AvgIpc) is 3.44. The van der Waals surface area contributed by atoms with E-state index in [1.54, 1.807) is 35.5 Å². The summed E-state index contributed by atoms with van der Waals surface area (Å²) in [4.78, 5) is 27.6. The number of aryl methyl sites for hydroxylation is 1. The van der Waals surface area contributed by atoms with Crippen LogP contribution in [0.25, 0.3) is 21.6 Å². The first-order chi connectivity index (χ1) is 15.9. The molecule has 7 nitrogen and oxygen atoms in total. The molecule has 0 aliphatic heterocycles. The van der Waals surface area contributed by atoms with E-state index in [0.717, 1.165) is 27.3 Å². The van der Waals surface area contributed by atoms with Crippen LogP contribution in [0.5, 0.6) is 0 Å². The summed E-state index contributed by atoms with van der Waals surface area (Å²) >= 11 is 7.68. The van der Waals surface area contributed by atoms with Gasteiger partial charge in [-0.15, -0.1) is 11.3 Å². The third-order valence-electron chi connectivity index (χ3n) is 5.64. The highest BCUT2D eigenvalue weighted by Crippen LogP contribution is 2.32. The Morgan fingerprint density at radius 3 is 2.48 bits per heavy atom. The van der Waals surface area contributed by atoms with Gasteiger partial charge in [0, 0.05) is 12.4 Å². The molecule has 0 atom stereocenters. The number of hydrogen-bond acceptors (Lipinski definition) is 4. The number of para-hydroxylation sites is 2. The van der Waals surface area contributed by atoms with Crippen LogP contribution in [0.4, 0.5) is 5.69 Å². The second-order valence-electron chi connectivity index (χ2n) is 7.67. The number of rotatable bonds is 4. The van der Waals surface area contributed by atoms with E-state index in [4.69, 9.17) is 11.6 Å². The monoisotopic (exact) mass is 477 g/mol. The number of thiophene rings is 1. The Bertz CT molecular complexity index is 1580. The summed E-state index contributed by atoms with van der Waals surface area (Å²) in [7, 11) is 1.79. The molecule has 0 fully saturated rings. The fourth-order valence-corrected chi connectivity index (χ4v) is 5.12. The Labute approximate surface area is 198 Å². The molecule has 3 aromatic heterocycles. The summed E-state index contributed by atoms with van der Waals surface area (Å²) in [6.45, 7) is 3.70.